The highest BCUT2D eigenvalue weighted by molar-refractivity contribution is 6.38. The molecule has 0 atom stereocenters. The SMILES string of the molecule is c1ccc(-c2nc(-n3c4cccc5c4c4c6c7c8c-5cccc8ccc7n(-c5ccccc5)c6ccc43)nc3c2ccc2ccccc23)cc1. The van der Waals surface area contributed by atoms with Gasteiger partial charge in [0.2, 0.25) is 5.95 Å². The van der Waals surface area contributed by atoms with Gasteiger partial charge in [-0.15, -0.1) is 0 Å². The Balaban J connectivity index is 1.31. The first kappa shape index (κ1) is 26.2. The summed E-state index contributed by atoms with van der Waals surface area (Å²) in [5.74, 6) is 0.676. The highest BCUT2D eigenvalue weighted by Gasteiger charge is 2.28. The fraction of sp³-hybridized carbons (Fsp3) is 0. The molecule has 230 valence electrons. The van der Waals surface area contributed by atoms with Crippen molar-refractivity contribution in [3.05, 3.63) is 158 Å². The average Bonchev–Trinajstić information content (AvgIpc) is 3.66. The maximum atomic E-state index is 5.46. The largest absolute Gasteiger partial charge is 0.309 e. The van der Waals surface area contributed by atoms with E-state index in [1.165, 1.54) is 59.9 Å². The molecule has 3 heterocycles. The van der Waals surface area contributed by atoms with Crippen LogP contribution in [0.2, 0.25) is 0 Å². The summed E-state index contributed by atoms with van der Waals surface area (Å²) < 4.78 is 4.74. The minimum atomic E-state index is 0.676. The van der Waals surface area contributed by atoms with Crippen LogP contribution in [-0.2, 0) is 0 Å². The summed E-state index contributed by atoms with van der Waals surface area (Å²) in [4.78, 5) is 10.9. The third-order valence-corrected chi connectivity index (χ3v) is 10.8. The van der Waals surface area contributed by atoms with Crippen molar-refractivity contribution in [3.8, 4) is 34.0 Å². The van der Waals surface area contributed by atoms with Crippen molar-refractivity contribution in [1.82, 2.24) is 19.1 Å². The summed E-state index contributed by atoms with van der Waals surface area (Å²) >= 11 is 0. The summed E-state index contributed by atoms with van der Waals surface area (Å²) in [5.41, 5.74) is 11.3. The van der Waals surface area contributed by atoms with Crippen LogP contribution in [0.3, 0.4) is 0 Å². The fourth-order valence-electron chi connectivity index (χ4n) is 8.80. The lowest BCUT2D eigenvalue weighted by molar-refractivity contribution is 1.02. The van der Waals surface area contributed by atoms with E-state index < -0.39 is 0 Å². The van der Waals surface area contributed by atoms with Gasteiger partial charge in [-0.25, -0.2) is 9.97 Å². The van der Waals surface area contributed by atoms with Crippen molar-refractivity contribution in [2.75, 3.05) is 0 Å². The van der Waals surface area contributed by atoms with Gasteiger partial charge in [0.05, 0.1) is 33.3 Å². The Labute approximate surface area is 286 Å². The van der Waals surface area contributed by atoms with Crippen LogP contribution in [0.1, 0.15) is 0 Å². The van der Waals surface area contributed by atoms with E-state index in [1.807, 2.05) is 0 Å². The lowest BCUT2D eigenvalue weighted by Crippen LogP contribution is -2.04. The monoisotopic (exact) mass is 634 g/mol. The van der Waals surface area contributed by atoms with Crippen LogP contribution >= 0.6 is 0 Å². The summed E-state index contributed by atoms with van der Waals surface area (Å²) in [5, 5.41) is 11.0. The second kappa shape index (κ2) is 9.43. The Bertz CT molecular complexity index is 3240. The predicted molar refractivity (Wildman–Crippen MR) is 208 cm³/mol. The van der Waals surface area contributed by atoms with E-state index in [9.17, 15) is 0 Å². The Morgan fingerprint density at radius 1 is 0.360 bits per heavy atom. The maximum absolute atomic E-state index is 5.46. The number of fused-ring (bicyclic) bond motifs is 4. The average molecular weight is 635 g/mol. The Hall–Kier alpha value is -6.78. The minimum absolute atomic E-state index is 0.676. The van der Waals surface area contributed by atoms with E-state index in [0.29, 0.717) is 5.95 Å². The standard InChI is InChI=1S/C46H26N4/c1-3-12-29(13-4-1)44-34-23-21-27-11-7-8-17-31(27)45(34)48-46(47-44)50-35-20-10-19-33-32-18-9-14-28-22-24-36-41(39(28)32)43-37(25-26-38(50)42(43)40(33)35)49(36)30-15-5-2-6-16-30/h1-26H. The molecule has 3 aromatic heterocycles. The van der Waals surface area contributed by atoms with Gasteiger partial charge < -0.3 is 4.57 Å². The van der Waals surface area contributed by atoms with Gasteiger partial charge in [0.1, 0.15) is 0 Å². The van der Waals surface area contributed by atoms with Gasteiger partial charge in [-0.3, -0.25) is 4.57 Å². The maximum Gasteiger partial charge on any atom is 0.235 e. The zero-order chi connectivity index (χ0) is 32.5. The second-order valence-corrected chi connectivity index (χ2v) is 13.3. The van der Waals surface area contributed by atoms with Crippen LogP contribution < -0.4 is 0 Å². The molecule has 0 aliphatic heterocycles. The third kappa shape index (κ3) is 3.25. The highest BCUT2D eigenvalue weighted by atomic mass is 15.2. The number of hydrogen-bond donors (Lipinski definition) is 0. The Morgan fingerprint density at radius 2 is 0.960 bits per heavy atom. The molecule has 0 saturated carbocycles. The first-order valence-electron chi connectivity index (χ1n) is 17.1. The number of rotatable bonds is 3. The van der Waals surface area contributed by atoms with Gasteiger partial charge >= 0.3 is 0 Å². The van der Waals surface area contributed by atoms with Crippen molar-refractivity contribution in [3.63, 3.8) is 0 Å². The number of para-hydroxylation sites is 1. The molecule has 0 spiro atoms. The van der Waals surface area contributed by atoms with Gasteiger partial charge in [0.25, 0.3) is 0 Å². The molecule has 1 aliphatic rings. The normalized spacial score (nSPS) is 12.4. The molecular formula is C46H26N4. The third-order valence-electron chi connectivity index (χ3n) is 10.8. The number of benzene rings is 8. The molecule has 0 N–H and O–H groups in total. The number of nitrogens with zero attached hydrogens (tertiary/aromatic N) is 4. The molecule has 0 radical (unpaired) electrons. The van der Waals surface area contributed by atoms with Gasteiger partial charge in [-0.1, -0.05) is 115 Å². The molecule has 0 amide bonds. The van der Waals surface area contributed by atoms with Crippen molar-refractivity contribution in [1.29, 1.82) is 0 Å². The van der Waals surface area contributed by atoms with E-state index >= 15 is 0 Å². The Morgan fingerprint density at radius 3 is 1.80 bits per heavy atom. The smallest absolute Gasteiger partial charge is 0.235 e. The van der Waals surface area contributed by atoms with E-state index in [2.05, 4.69) is 167 Å². The van der Waals surface area contributed by atoms with Crippen LogP contribution in [0.25, 0.3) is 110 Å². The molecule has 8 aromatic carbocycles. The Kier molecular flexibility index (Phi) is 4.94. The molecular weight excluding hydrogens is 609 g/mol. The summed E-state index contributed by atoms with van der Waals surface area (Å²) in [7, 11) is 0. The lowest BCUT2D eigenvalue weighted by Gasteiger charge is -2.14. The molecule has 4 nitrogen and oxygen atoms in total. The molecule has 0 saturated heterocycles. The summed E-state index contributed by atoms with van der Waals surface area (Å²) in [6.45, 7) is 0. The van der Waals surface area contributed by atoms with Crippen LogP contribution in [0, 0.1) is 0 Å². The number of aromatic nitrogens is 4. The molecule has 11 aromatic rings. The van der Waals surface area contributed by atoms with Crippen LogP contribution in [0.5, 0.6) is 0 Å². The van der Waals surface area contributed by atoms with Gasteiger partial charge in [-0.2, -0.15) is 0 Å². The van der Waals surface area contributed by atoms with Crippen molar-refractivity contribution >= 4 is 76.1 Å². The lowest BCUT2D eigenvalue weighted by atomic mass is 9.95. The molecule has 12 rings (SSSR count). The van der Waals surface area contributed by atoms with Gasteiger partial charge in [0.15, 0.2) is 0 Å². The molecule has 0 bridgehead atoms. The minimum Gasteiger partial charge on any atom is -0.309 e. The van der Waals surface area contributed by atoms with Crippen molar-refractivity contribution in [2.45, 2.75) is 0 Å². The van der Waals surface area contributed by atoms with E-state index in [0.717, 1.165) is 44.3 Å². The molecule has 0 fully saturated rings. The van der Waals surface area contributed by atoms with Crippen molar-refractivity contribution in [2.24, 2.45) is 0 Å². The summed E-state index contributed by atoms with van der Waals surface area (Å²) in [6, 6.07) is 56.8. The summed E-state index contributed by atoms with van der Waals surface area (Å²) in [6.07, 6.45) is 0. The van der Waals surface area contributed by atoms with Gasteiger partial charge in [0, 0.05) is 43.6 Å². The van der Waals surface area contributed by atoms with Gasteiger partial charge in [-0.05, 0) is 69.8 Å². The number of hydrogen-bond acceptors (Lipinski definition) is 2. The van der Waals surface area contributed by atoms with Crippen LogP contribution in [0.15, 0.2) is 158 Å². The molecule has 0 unspecified atom stereocenters. The van der Waals surface area contributed by atoms with Crippen LogP contribution in [0.4, 0.5) is 0 Å². The molecule has 1 aliphatic carbocycles. The van der Waals surface area contributed by atoms with E-state index in [4.69, 9.17) is 9.97 Å². The first-order valence-corrected chi connectivity index (χ1v) is 17.1. The first-order chi connectivity index (χ1) is 24.8. The van der Waals surface area contributed by atoms with Crippen LogP contribution in [-0.4, -0.2) is 19.1 Å². The van der Waals surface area contributed by atoms with E-state index in [1.54, 1.807) is 0 Å². The highest BCUT2D eigenvalue weighted by Crippen LogP contribution is 2.51. The quantitative estimate of drug-likeness (QED) is 0.181. The van der Waals surface area contributed by atoms with E-state index in [-0.39, 0.29) is 0 Å². The molecule has 4 heteroatoms. The topological polar surface area (TPSA) is 35.6 Å². The zero-order valence-electron chi connectivity index (χ0n) is 26.8. The molecule has 50 heavy (non-hydrogen) atoms. The second-order valence-electron chi connectivity index (χ2n) is 13.3. The zero-order valence-corrected chi connectivity index (χ0v) is 26.8. The fourth-order valence-corrected chi connectivity index (χ4v) is 8.80. The predicted octanol–water partition coefficient (Wildman–Crippen LogP) is 11.8. The van der Waals surface area contributed by atoms with Crippen molar-refractivity contribution < 1.29 is 0 Å².